The molecule has 1 aliphatic heterocycles. The van der Waals surface area contributed by atoms with Gasteiger partial charge in [-0.3, -0.25) is 0 Å². The summed E-state index contributed by atoms with van der Waals surface area (Å²) in [6.07, 6.45) is 0.900. The Balaban J connectivity index is 2.09. The Hall–Kier alpha value is -1.91. The van der Waals surface area contributed by atoms with Gasteiger partial charge in [0.2, 0.25) is 0 Å². The van der Waals surface area contributed by atoms with Crippen LogP contribution in [0.2, 0.25) is 5.02 Å². The molecule has 23 heavy (non-hydrogen) atoms. The first-order chi connectivity index (χ1) is 11.1. The third kappa shape index (κ3) is 3.09. The van der Waals surface area contributed by atoms with Gasteiger partial charge in [0.25, 0.3) is 0 Å². The molecule has 4 nitrogen and oxygen atoms in total. The molecule has 0 saturated carbocycles. The summed E-state index contributed by atoms with van der Waals surface area (Å²) in [6, 6.07) is 9.00. The van der Waals surface area contributed by atoms with Crippen molar-refractivity contribution in [2.75, 3.05) is 20.3 Å². The maximum absolute atomic E-state index is 10.2. The van der Waals surface area contributed by atoms with E-state index < -0.39 is 0 Å². The van der Waals surface area contributed by atoms with Gasteiger partial charge in [0.1, 0.15) is 5.75 Å². The molecule has 0 bridgehead atoms. The molecule has 0 aliphatic carbocycles. The zero-order chi connectivity index (χ0) is 16.4. The van der Waals surface area contributed by atoms with Crippen molar-refractivity contribution in [3.63, 3.8) is 0 Å². The van der Waals surface area contributed by atoms with Gasteiger partial charge < -0.3 is 19.9 Å². The number of hydrogen-bond acceptors (Lipinski definition) is 4. The lowest BCUT2D eigenvalue weighted by atomic mass is 9.89. The van der Waals surface area contributed by atoms with E-state index in [9.17, 15) is 5.11 Å². The van der Waals surface area contributed by atoms with Gasteiger partial charge in [0, 0.05) is 17.1 Å². The van der Waals surface area contributed by atoms with Crippen molar-refractivity contribution in [1.82, 2.24) is 5.32 Å². The van der Waals surface area contributed by atoms with Gasteiger partial charge in [-0.25, -0.2) is 0 Å². The van der Waals surface area contributed by atoms with Crippen LogP contribution in [0.15, 0.2) is 30.3 Å². The van der Waals surface area contributed by atoms with Crippen LogP contribution in [-0.2, 0) is 6.42 Å². The molecule has 1 atom stereocenters. The van der Waals surface area contributed by atoms with Crippen LogP contribution in [-0.4, -0.2) is 25.4 Å². The Morgan fingerprint density at radius 1 is 1.22 bits per heavy atom. The van der Waals surface area contributed by atoms with E-state index in [4.69, 9.17) is 21.1 Å². The largest absolute Gasteiger partial charge is 0.508 e. The second-order valence-corrected chi connectivity index (χ2v) is 5.91. The number of phenols is 1. The van der Waals surface area contributed by atoms with Crippen molar-refractivity contribution >= 4 is 11.6 Å². The molecule has 0 fully saturated rings. The summed E-state index contributed by atoms with van der Waals surface area (Å²) in [5, 5.41) is 14.3. The van der Waals surface area contributed by atoms with Crippen LogP contribution in [0.1, 0.15) is 29.7 Å². The molecule has 2 aromatic rings. The highest BCUT2D eigenvalue weighted by atomic mass is 35.5. The van der Waals surface area contributed by atoms with E-state index >= 15 is 0 Å². The van der Waals surface area contributed by atoms with E-state index in [0.717, 1.165) is 29.8 Å². The lowest BCUT2D eigenvalue weighted by molar-refractivity contribution is 0.309. The van der Waals surface area contributed by atoms with Crippen molar-refractivity contribution in [3.05, 3.63) is 52.0 Å². The standard InChI is InChI=1S/C18H20ClNO3/c1-3-23-17-8-11-6-7-20-18(13(11)10-16(17)22-2)14-9-12(19)4-5-15(14)21/h4-5,8-10,18,20-21H,3,6-7H2,1-2H3/t18-/m1/s1. The van der Waals surface area contributed by atoms with E-state index in [0.29, 0.717) is 17.4 Å². The highest BCUT2D eigenvalue weighted by molar-refractivity contribution is 6.30. The van der Waals surface area contributed by atoms with Gasteiger partial charge in [0.15, 0.2) is 11.5 Å². The number of hydrogen-bond donors (Lipinski definition) is 2. The third-order valence-electron chi connectivity index (χ3n) is 4.08. The van der Waals surface area contributed by atoms with E-state index in [1.54, 1.807) is 25.3 Å². The molecule has 2 N–H and O–H groups in total. The minimum atomic E-state index is -0.123. The lowest BCUT2D eigenvalue weighted by Gasteiger charge is -2.29. The van der Waals surface area contributed by atoms with Crippen molar-refractivity contribution in [1.29, 1.82) is 0 Å². The van der Waals surface area contributed by atoms with Gasteiger partial charge >= 0.3 is 0 Å². The van der Waals surface area contributed by atoms with Gasteiger partial charge in [-0.1, -0.05) is 11.6 Å². The molecular weight excluding hydrogens is 314 g/mol. The van der Waals surface area contributed by atoms with Gasteiger partial charge in [-0.2, -0.15) is 0 Å². The number of ether oxygens (including phenoxy) is 2. The Kier molecular flexibility index (Phi) is 4.64. The molecule has 5 heteroatoms. The predicted molar refractivity (Wildman–Crippen MR) is 90.8 cm³/mol. The second kappa shape index (κ2) is 6.69. The molecule has 0 radical (unpaired) electrons. The fraction of sp³-hybridized carbons (Fsp3) is 0.333. The second-order valence-electron chi connectivity index (χ2n) is 5.48. The van der Waals surface area contributed by atoms with Crippen LogP contribution in [0, 0.1) is 0 Å². The quantitative estimate of drug-likeness (QED) is 0.896. The summed E-state index contributed by atoms with van der Waals surface area (Å²) in [5.41, 5.74) is 3.04. The average Bonchev–Trinajstić information content (AvgIpc) is 2.56. The molecule has 0 saturated heterocycles. The number of phenolic OH excluding ortho intramolecular Hbond substituents is 1. The highest BCUT2D eigenvalue weighted by Crippen LogP contribution is 2.40. The van der Waals surface area contributed by atoms with Crippen LogP contribution in [0.4, 0.5) is 0 Å². The Labute approximate surface area is 141 Å². The summed E-state index contributed by atoms with van der Waals surface area (Å²) in [7, 11) is 1.63. The molecular formula is C18H20ClNO3. The smallest absolute Gasteiger partial charge is 0.161 e. The summed E-state index contributed by atoms with van der Waals surface area (Å²) >= 11 is 6.10. The number of benzene rings is 2. The third-order valence-corrected chi connectivity index (χ3v) is 4.31. The number of nitrogens with one attached hydrogen (secondary N) is 1. The molecule has 122 valence electrons. The minimum absolute atomic E-state index is 0.123. The van der Waals surface area contributed by atoms with E-state index in [-0.39, 0.29) is 11.8 Å². The molecule has 0 aromatic heterocycles. The van der Waals surface area contributed by atoms with Gasteiger partial charge in [0.05, 0.1) is 19.8 Å². The lowest BCUT2D eigenvalue weighted by Crippen LogP contribution is -2.30. The fourth-order valence-electron chi connectivity index (χ4n) is 3.03. The molecule has 1 heterocycles. The molecule has 0 unspecified atom stereocenters. The summed E-state index contributed by atoms with van der Waals surface area (Å²) in [6.45, 7) is 3.36. The topological polar surface area (TPSA) is 50.7 Å². The van der Waals surface area contributed by atoms with Crippen LogP contribution in [0.5, 0.6) is 17.2 Å². The highest BCUT2D eigenvalue weighted by Gasteiger charge is 2.26. The maximum Gasteiger partial charge on any atom is 0.161 e. The van der Waals surface area contributed by atoms with Crippen molar-refractivity contribution < 1.29 is 14.6 Å². The monoisotopic (exact) mass is 333 g/mol. The summed E-state index contributed by atoms with van der Waals surface area (Å²) < 4.78 is 11.1. The molecule has 0 amide bonds. The first-order valence-corrected chi connectivity index (χ1v) is 8.07. The number of methoxy groups -OCH3 is 1. The average molecular weight is 334 g/mol. The van der Waals surface area contributed by atoms with E-state index in [2.05, 4.69) is 5.32 Å². The Morgan fingerprint density at radius 3 is 2.78 bits per heavy atom. The number of aromatic hydroxyl groups is 1. The maximum atomic E-state index is 10.2. The zero-order valence-corrected chi connectivity index (χ0v) is 14.0. The van der Waals surface area contributed by atoms with Crippen LogP contribution >= 0.6 is 11.6 Å². The van der Waals surface area contributed by atoms with Gasteiger partial charge in [-0.15, -0.1) is 0 Å². The summed E-state index contributed by atoms with van der Waals surface area (Å²) in [4.78, 5) is 0. The summed E-state index contributed by atoms with van der Waals surface area (Å²) in [5.74, 6) is 1.68. The van der Waals surface area contributed by atoms with Crippen LogP contribution < -0.4 is 14.8 Å². The number of halogens is 1. The fourth-order valence-corrected chi connectivity index (χ4v) is 3.21. The molecule has 3 rings (SSSR count). The van der Waals surface area contributed by atoms with Crippen LogP contribution in [0.3, 0.4) is 0 Å². The SMILES string of the molecule is CCOc1cc2c(cc1OC)[C@H](c1cc(Cl)ccc1O)NCC2. The zero-order valence-electron chi connectivity index (χ0n) is 13.2. The van der Waals surface area contributed by atoms with Gasteiger partial charge in [-0.05, 0) is 54.8 Å². The van der Waals surface area contributed by atoms with Crippen molar-refractivity contribution in [3.8, 4) is 17.2 Å². The van der Waals surface area contributed by atoms with Crippen LogP contribution in [0.25, 0.3) is 0 Å². The van der Waals surface area contributed by atoms with Crippen molar-refractivity contribution in [2.24, 2.45) is 0 Å². The number of fused-ring (bicyclic) bond motifs is 1. The molecule has 2 aromatic carbocycles. The molecule has 0 spiro atoms. The van der Waals surface area contributed by atoms with Crippen molar-refractivity contribution in [2.45, 2.75) is 19.4 Å². The normalized spacial score (nSPS) is 16.7. The van der Waals surface area contributed by atoms with E-state index in [1.807, 2.05) is 19.1 Å². The minimum Gasteiger partial charge on any atom is -0.508 e. The Morgan fingerprint density at radius 2 is 2.04 bits per heavy atom. The number of rotatable bonds is 4. The van der Waals surface area contributed by atoms with E-state index in [1.165, 1.54) is 5.56 Å². The molecule has 1 aliphatic rings. The Bertz CT molecular complexity index is 718. The first kappa shape index (κ1) is 16.0. The first-order valence-electron chi connectivity index (χ1n) is 7.69. The predicted octanol–water partition coefficient (Wildman–Crippen LogP) is 3.69.